The van der Waals surface area contributed by atoms with E-state index in [9.17, 15) is 27.2 Å². The summed E-state index contributed by atoms with van der Waals surface area (Å²) in [4.78, 5) is 24.7. The van der Waals surface area contributed by atoms with Crippen LogP contribution in [0.5, 0.6) is 0 Å². The number of halogens is 4. The van der Waals surface area contributed by atoms with E-state index in [1.165, 1.54) is 7.11 Å². The van der Waals surface area contributed by atoms with Crippen LogP contribution in [0.25, 0.3) is 0 Å². The SMILES string of the molecule is CO[C@H]1C[C@@H](C(N)=O)N(C(=O)c2cc(C(F)(F)F)ccc2F)C1. The van der Waals surface area contributed by atoms with Crippen molar-refractivity contribution in [1.82, 2.24) is 4.90 Å². The third-order valence-corrected chi connectivity index (χ3v) is 3.71. The quantitative estimate of drug-likeness (QED) is 0.853. The summed E-state index contributed by atoms with van der Waals surface area (Å²) in [6.07, 6.45) is -5.10. The maximum atomic E-state index is 13.8. The molecule has 1 aliphatic rings. The fourth-order valence-corrected chi connectivity index (χ4v) is 2.48. The predicted molar refractivity (Wildman–Crippen MR) is 70.8 cm³/mol. The van der Waals surface area contributed by atoms with Gasteiger partial charge in [-0.25, -0.2) is 4.39 Å². The Morgan fingerprint density at radius 3 is 2.52 bits per heavy atom. The number of amides is 2. The molecule has 0 saturated carbocycles. The Bertz CT molecular complexity index is 633. The molecule has 1 aromatic rings. The number of nitrogens with zero attached hydrogens (tertiary/aromatic N) is 1. The second-order valence-electron chi connectivity index (χ2n) is 5.16. The number of benzene rings is 1. The summed E-state index contributed by atoms with van der Waals surface area (Å²) in [7, 11) is 1.36. The van der Waals surface area contributed by atoms with E-state index in [4.69, 9.17) is 10.5 Å². The molecule has 1 saturated heterocycles. The number of methoxy groups -OCH3 is 1. The Morgan fingerprint density at radius 2 is 2.00 bits per heavy atom. The van der Waals surface area contributed by atoms with Crippen molar-refractivity contribution in [2.45, 2.75) is 24.7 Å². The Morgan fingerprint density at radius 1 is 1.35 bits per heavy atom. The molecule has 0 spiro atoms. The van der Waals surface area contributed by atoms with Crippen molar-refractivity contribution in [1.29, 1.82) is 0 Å². The highest BCUT2D eigenvalue weighted by Crippen LogP contribution is 2.31. The van der Waals surface area contributed by atoms with Gasteiger partial charge in [0.25, 0.3) is 5.91 Å². The summed E-state index contributed by atoms with van der Waals surface area (Å²) in [5.74, 6) is -2.96. The molecule has 2 amide bonds. The molecule has 0 unspecified atom stereocenters. The van der Waals surface area contributed by atoms with Gasteiger partial charge in [0.1, 0.15) is 11.9 Å². The lowest BCUT2D eigenvalue weighted by atomic mass is 10.1. The van der Waals surface area contributed by atoms with Crippen molar-refractivity contribution >= 4 is 11.8 Å². The molecule has 5 nitrogen and oxygen atoms in total. The highest BCUT2D eigenvalue weighted by atomic mass is 19.4. The molecular formula is C14H14F4N2O3. The van der Waals surface area contributed by atoms with Crippen LogP contribution < -0.4 is 5.73 Å². The van der Waals surface area contributed by atoms with Crippen LogP contribution in [0.1, 0.15) is 22.3 Å². The zero-order valence-corrected chi connectivity index (χ0v) is 12.1. The van der Waals surface area contributed by atoms with Crippen LogP contribution in [0.4, 0.5) is 17.6 Å². The van der Waals surface area contributed by atoms with E-state index in [0.29, 0.717) is 18.2 Å². The molecule has 0 aromatic heterocycles. The standard InChI is InChI=1S/C14H14F4N2O3/c1-23-8-5-11(12(19)21)20(6-8)13(22)9-4-7(14(16,17)18)2-3-10(9)15/h2-4,8,11H,5-6H2,1H3,(H2,19,21)/t8-,11-/m0/s1. The van der Waals surface area contributed by atoms with Crippen molar-refractivity contribution in [2.24, 2.45) is 5.73 Å². The van der Waals surface area contributed by atoms with E-state index in [1.807, 2.05) is 0 Å². The van der Waals surface area contributed by atoms with Gasteiger partial charge in [-0.1, -0.05) is 0 Å². The normalized spacial score (nSPS) is 21.5. The summed E-state index contributed by atoms with van der Waals surface area (Å²) in [6.45, 7) is -0.0569. The van der Waals surface area contributed by atoms with Gasteiger partial charge in [-0.15, -0.1) is 0 Å². The first-order valence-electron chi connectivity index (χ1n) is 6.65. The number of alkyl halides is 3. The summed E-state index contributed by atoms with van der Waals surface area (Å²) in [6, 6.07) is 0.482. The predicted octanol–water partition coefficient (Wildman–Crippen LogP) is 1.56. The summed E-state index contributed by atoms with van der Waals surface area (Å²) < 4.78 is 57.0. The van der Waals surface area contributed by atoms with Gasteiger partial charge in [0.05, 0.1) is 17.2 Å². The van der Waals surface area contributed by atoms with Crippen LogP contribution in [0.15, 0.2) is 18.2 Å². The molecule has 2 rings (SSSR count). The first kappa shape index (κ1) is 17.2. The number of ether oxygens (including phenoxy) is 1. The molecule has 2 N–H and O–H groups in total. The molecule has 9 heteroatoms. The maximum Gasteiger partial charge on any atom is 0.416 e. The van der Waals surface area contributed by atoms with Crippen LogP contribution in [0, 0.1) is 5.82 Å². The molecule has 23 heavy (non-hydrogen) atoms. The lowest BCUT2D eigenvalue weighted by molar-refractivity contribution is -0.137. The number of hydrogen-bond acceptors (Lipinski definition) is 3. The minimum Gasteiger partial charge on any atom is -0.380 e. The van der Waals surface area contributed by atoms with E-state index in [-0.39, 0.29) is 13.0 Å². The van der Waals surface area contributed by atoms with E-state index >= 15 is 0 Å². The maximum absolute atomic E-state index is 13.8. The zero-order chi connectivity index (χ0) is 17.4. The second-order valence-corrected chi connectivity index (χ2v) is 5.16. The number of hydrogen-bond donors (Lipinski definition) is 1. The van der Waals surface area contributed by atoms with E-state index in [0.717, 1.165) is 4.90 Å². The largest absolute Gasteiger partial charge is 0.416 e. The Labute approximate surface area is 129 Å². The number of carbonyl (C=O) groups excluding carboxylic acids is 2. The van der Waals surface area contributed by atoms with Crippen molar-refractivity contribution in [2.75, 3.05) is 13.7 Å². The summed E-state index contributed by atoms with van der Waals surface area (Å²) >= 11 is 0. The van der Waals surface area contributed by atoms with Gasteiger partial charge in [-0.05, 0) is 18.2 Å². The molecule has 0 aliphatic carbocycles. The lowest BCUT2D eigenvalue weighted by Crippen LogP contribution is -2.44. The molecule has 0 radical (unpaired) electrons. The van der Waals surface area contributed by atoms with Gasteiger partial charge in [0.15, 0.2) is 0 Å². The Balaban J connectivity index is 2.37. The average molecular weight is 334 g/mol. The van der Waals surface area contributed by atoms with Crippen molar-refractivity contribution in [3.05, 3.63) is 35.1 Å². The van der Waals surface area contributed by atoms with Gasteiger partial charge in [0, 0.05) is 20.1 Å². The first-order chi connectivity index (χ1) is 10.6. The van der Waals surface area contributed by atoms with Crippen molar-refractivity contribution in [3.63, 3.8) is 0 Å². The van der Waals surface area contributed by atoms with E-state index in [1.54, 1.807) is 0 Å². The van der Waals surface area contributed by atoms with Gasteiger partial charge in [0.2, 0.25) is 5.91 Å². The summed E-state index contributed by atoms with van der Waals surface area (Å²) in [5.41, 5.74) is 3.28. The van der Waals surface area contributed by atoms with Crippen molar-refractivity contribution in [3.8, 4) is 0 Å². The molecule has 0 bridgehead atoms. The highest BCUT2D eigenvalue weighted by molar-refractivity contribution is 5.98. The molecule has 1 aromatic carbocycles. The molecule has 2 atom stereocenters. The number of likely N-dealkylation sites (tertiary alicyclic amines) is 1. The smallest absolute Gasteiger partial charge is 0.380 e. The zero-order valence-electron chi connectivity index (χ0n) is 12.1. The van der Waals surface area contributed by atoms with Crippen LogP contribution in [-0.2, 0) is 15.7 Å². The molecule has 1 aliphatic heterocycles. The van der Waals surface area contributed by atoms with Gasteiger partial charge >= 0.3 is 6.18 Å². The average Bonchev–Trinajstić information content (AvgIpc) is 2.90. The second kappa shape index (κ2) is 6.15. The third kappa shape index (κ3) is 3.44. The number of carbonyl (C=O) groups is 2. The third-order valence-electron chi connectivity index (χ3n) is 3.71. The van der Waals surface area contributed by atoms with Crippen molar-refractivity contribution < 1.29 is 31.9 Å². The van der Waals surface area contributed by atoms with Crippen LogP contribution in [0.3, 0.4) is 0 Å². The fraction of sp³-hybridized carbons (Fsp3) is 0.429. The highest BCUT2D eigenvalue weighted by Gasteiger charge is 2.40. The molecule has 126 valence electrons. The Hall–Kier alpha value is -2.16. The number of nitrogens with two attached hydrogens (primary N) is 1. The molecule has 1 fully saturated rings. The van der Waals surface area contributed by atoms with Gasteiger partial charge < -0.3 is 15.4 Å². The Kier molecular flexibility index (Phi) is 4.60. The van der Waals surface area contributed by atoms with E-state index in [2.05, 4.69) is 0 Å². The number of rotatable bonds is 3. The lowest BCUT2D eigenvalue weighted by Gasteiger charge is -2.22. The molecule has 1 heterocycles. The van der Waals surface area contributed by atoms with Crippen LogP contribution in [0.2, 0.25) is 0 Å². The number of primary amides is 1. The monoisotopic (exact) mass is 334 g/mol. The van der Waals surface area contributed by atoms with Gasteiger partial charge in [-0.3, -0.25) is 9.59 Å². The minimum absolute atomic E-state index is 0.0569. The van der Waals surface area contributed by atoms with Gasteiger partial charge in [-0.2, -0.15) is 13.2 Å². The van der Waals surface area contributed by atoms with Crippen LogP contribution >= 0.6 is 0 Å². The van der Waals surface area contributed by atoms with Crippen LogP contribution in [-0.4, -0.2) is 42.5 Å². The molecular weight excluding hydrogens is 320 g/mol. The minimum atomic E-state index is -4.72. The first-order valence-corrected chi connectivity index (χ1v) is 6.65. The fourth-order valence-electron chi connectivity index (χ4n) is 2.48. The van der Waals surface area contributed by atoms with E-state index < -0.39 is 47.1 Å². The summed E-state index contributed by atoms with van der Waals surface area (Å²) in [5, 5.41) is 0. The topological polar surface area (TPSA) is 72.6 Å².